The van der Waals surface area contributed by atoms with Gasteiger partial charge in [-0.2, -0.15) is 0 Å². The van der Waals surface area contributed by atoms with Gasteiger partial charge in [0.05, 0.1) is 6.54 Å². The molecule has 0 bridgehead atoms. The molecule has 1 heterocycles. The number of aliphatic carboxylic acids is 1. The summed E-state index contributed by atoms with van der Waals surface area (Å²) in [5.41, 5.74) is 1.19. The number of para-hydroxylation sites is 1. The minimum absolute atomic E-state index is 0.226. The van der Waals surface area contributed by atoms with E-state index in [1.54, 1.807) is 0 Å². The summed E-state index contributed by atoms with van der Waals surface area (Å²) in [6, 6.07) is 17.7. The summed E-state index contributed by atoms with van der Waals surface area (Å²) in [7, 11) is 0. The standard InChI is InChI=1S/C20H22N2O4/c23-19(21-12-20(24)25)14-22-10-9-16(13-22)15-5-4-8-18(11-15)26-17-6-2-1-3-7-17/h1-8,11,16H,9-10,12-14H2,(H,21,23)(H,24,25). The van der Waals surface area contributed by atoms with Crippen molar-refractivity contribution >= 4 is 11.9 Å². The minimum Gasteiger partial charge on any atom is -0.480 e. The van der Waals surface area contributed by atoms with Crippen molar-refractivity contribution in [1.29, 1.82) is 0 Å². The molecular formula is C20H22N2O4. The average Bonchev–Trinajstić information content (AvgIpc) is 3.09. The number of nitrogens with one attached hydrogen (secondary N) is 1. The van der Waals surface area contributed by atoms with Gasteiger partial charge in [0.1, 0.15) is 18.0 Å². The number of carboxylic acid groups (broad SMARTS) is 1. The van der Waals surface area contributed by atoms with Gasteiger partial charge >= 0.3 is 5.97 Å². The molecule has 2 N–H and O–H groups in total. The van der Waals surface area contributed by atoms with E-state index in [1.807, 2.05) is 53.4 Å². The van der Waals surface area contributed by atoms with Crippen LogP contribution in [0.5, 0.6) is 11.5 Å². The van der Waals surface area contributed by atoms with E-state index in [1.165, 1.54) is 5.56 Å². The Morgan fingerprint density at radius 3 is 2.65 bits per heavy atom. The first-order valence-corrected chi connectivity index (χ1v) is 8.64. The minimum atomic E-state index is -1.03. The monoisotopic (exact) mass is 354 g/mol. The molecule has 136 valence electrons. The van der Waals surface area contributed by atoms with Gasteiger partial charge in [-0.1, -0.05) is 30.3 Å². The van der Waals surface area contributed by atoms with Gasteiger partial charge in [0, 0.05) is 6.54 Å². The van der Waals surface area contributed by atoms with Gasteiger partial charge in [0.15, 0.2) is 0 Å². The van der Waals surface area contributed by atoms with Crippen molar-refractivity contribution in [3.05, 3.63) is 60.2 Å². The lowest BCUT2D eigenvalue weighted by molar-refractivity contribution is -0.138. The third-order valence-electron chi connectivity index (χ3n) is 4.38. The van der Waals surface area contributed by atoms with E-state index in [0.29, 0.717) is 5.92 Å². The molecule has 0 radical (unpaired) electrons. The molecule has 2 aromatic rings. The molecule has 6 nitrogen and oxygen atoms in total. The van der Waals surface area contributed by atoms with Crippen molar-refractivity contribution in [2.75, 3.05) is 26.2 Å². The van der Waals surface area contributed by atoms with Crippen LogP contribution in [0.25, 0.3) is 0 Å². The summed E-state index contributed by atoms with van der Waals surface area (Å²) >= 11 is 0. The van der Waals surface area contributed by atoms with E-state index in [4.69, 9.17) is 9.84 Å². The Bertz CT molecular complexity index is 763. The average molecular weight is 354 g/mol. The zero-order chi connectivity index (χ0) is 18.4. The Kier molecular flexibility index (Phi) is 5.86. The van der Waals surface area contributed by atoms with E-state index in [2.05, 4.69) is 11.4 Å². The molecule has 1 aliphatic heterocycles. The Balaban J connectivity index is 1.56. The third-order valence-corrected chi connectivity index (χ3v) is 4.38. The Morgan fingerprint density at radius 2 is 1.88 bits per heavy atom. The van der Waals surface area contributed by atoms with Crippen LogP contribution in [0.4, 0.5) is 0 Å². The number of hydrogen-bond acceptors (Lipinski definition) is 4. The molecule has 3 rings (SSSR count). The molecule has 1 atom stereocenters. The summed E-state index contributed by atoms with van der Waals surface area (Å²) in [6.07, 6.45) is 0.959. The highest BCUT2D eigenvalue weighted by Crippen LogP contribution is 2.30. The normalized spacial score (nSPS) is 17.0. The molecule has 0 spiro atoms. The smallest absolute Gasteiger partial charge is 0.322 e. The zero-order valence-electron chi connectivity index (χ0n) is 14.4. The molecule has 0 aromatic heterocycles. The molecule has 1 unspecified atom stereocenters. The van der Waals surface area contributed by atoms with Gasteiger partial charge < -0.3 is 15.2 Å². The lowest BCUT2D eigenvalue weighted by Gasteiger charge is -2.16. The van der Waals surface area contributed by atoms with E-state index < -0.39 is 5.97 Å². The summed E-state index contributed by atoms with van der Waals surface area (Å²) < 4.78 is 5.89. The van der Waals surface area contributed by atoms with Crippen molar-refractivity contribution in [2.45, 2.75) is 12.3 Å². The number of amides is 1. The highest BCUT2D eigenvalue weighted by molar-refractivity contribution is 5.82. The molecule has 26 heavy (non-hydrogen) atoms. The van der Waals surface area contributed by atoms with Crippen LogP contribution in [0.15, 0.2) is 54.6 Å². The van der Waals surface area contributed by atoms with Crippen LogP contribution in [0.2, 0.25) is 0 Å². The number of carbonyl (C=O) groups excluding carboxylic acids is 1. The quantitative estimate of drug-likeness (QED) is 0.799. The lowest BCUT2D eigenvalue weighted by atomic mass is 9.98. The highest BCUT2D eigenvalue weighted by Gasteiger charge is 2.25. The fourth-order valence-electron chi connectivity index (χ4n) is 3.14. The van der Waals surface area contributed by atoms with Crippen LogP contribution >= 0.6 is 0 Å². The number of ether oxygens (including phenoxy) is 1. The number of carbonyl (C=O) groups is 2. The van der Waals surface area contributed by atoms with Crippen molar-refractivity contribution in [2.24, 2.45) is 0 Å². The SMILES string of the molecule is O=C(O)CNC(=O)CN1CCC(c2cccc(Oc3ccccc3)c2)C1. The number of rotatable bonds is 7. The molecule has 1 amide bonds. The van der Waals surface area contributed by atoms with Crippen LogP contribution < -0.4 is 10.1 Å². The fourth-order valence-corrected chi connectivity index (χ4v) is 3.14. The summed E-state index contributed by atoms with van der Waals surface area (Å²) in [5.74, 6) is 0.642. The summed E-state index contributed by atoms with van der Waals surface area (Å²) in [6.45, 7) is 1.48. The Hall–Kier alpha value is -2.86. The molecule has 1 fully saturated rings. The Labute approximate surface area is 152 Å². The molecule has 2 aromatic carbocycles. The Morgan fingerprint density at radius 1 is 1.12 bits per heavy atom. The van der Waals surface area contributed by atoms with E-state index in [9.17, 15) is 9.59 Å². The van der Waals surface area contributed by atoms with Crippen LogP contribution in [0, 0.1) is 0 Å². The molecule has 0 saturated carbocycles. The first-order chi connectivity index (χ1) is 12.6. The predicted octanol–water partition coefficient (Wildman–Crippen LogP) is 2.47. The van der Waals surface area contributed by atoms with E-state index in [0.717, 1.165) is 31.0 Å². The predicted molar refractivity (Wildman–Crippen MR) is 97.4 cm³/mol. The lowest BCUT2D eigenvalue weighted by Crippen LogP contribution is -2.38. The van der Waals surface area contributed by atoms with Crippen molar-refractivity contribution in [3.8, 4) is 11.5 Å². The van der Waals surface area contributed by atoms with Crippen LogP contribution in [-0.2, 0) is 9.59 Å². The second-order valence-corrected chi connectivity index (χ2v) is 6.38. The molecule has 1 saturated heterocycles. The second-order valence-electron chi connectivity index (χ2n) is 6.38. The maximum absolute atomic E-state index is 11.8. The van der Waals surface area contributed by atoms with Gasteiger partial charge in [-0.05, 0) is 48.7 Å². The van der Waals surface area contributed by atoms with Crippen LogP contribution in [0.1, 0.15) is 17.9 Å². The molecule has 1 aliphatic rings. The number of hydrogen-bond donors (Lipinski definition) is 2. The summed E-state index contributed by atoms with van der Waals surface area (Å²) in [5, 5.41) is 11.0. The van der Waals surface area contributed by atoms with E-state index in [-0.39, 0.29) is 19.0 Å². The molecule has 6 heteroatoms. The maximum Gasteiger partial charge on any atom is 0.322 e. The second kappa shape index (κ2) is 8.49. The molecule has 0 aliphatic carbocycles. The van der Waals surface area contributed by atoms with Gasteiger partial charge in [-0.25, -0.2) is 0 Å². The van der Waals surface area contributed by atoms with Gasteiger partial charge in [0.25, 0.3) is 0 Å². The fraction of sp³-hybridized carbons (Fsp3) is 0.300. The first kappa shape index (κ1) is 17.9. The number of nitrogens with zero attached hydrogens (tertiary/aromatic N) is 1. The summed E-state index contributed by atoms with van der Waals surface area (Å²) in [4.78, 5) is 24.3. The first-order valence-electron chi connectivity index (χ1n) is 8.64. The number of benzene rings is 2. The van der Waals surface area contributed by atoms with Crippen LogP contribution in [-0.4, -0.2) is 48.1 Å². The molecular weight excluding hydrogens is 332 g/mol. The topological polar surface area (TPSA) is 78.9 Å². The van der Waals surface area contributed by atoms with Crippen molar-refractivity contribution in [1.82, 2.24) is 10.2 Å². The van der Waals surface area contributed by atoms with Crippen molar-refractivity contribution < 1.29 is 19.4 Å². The van der Waals surface area contributed by atoms with Crippen molar-refractivity contribution in [3.63, 3.8) is 0 Å². The zero-order valence-corrected chi connectivity index (χ0v) is 14.4. The van der Waals surface area contributed by atoms with Gasteiger partial charge in [-0.3, -0.25) is 14.5 Å². The van der Waals surface area contributed by atoms with Gasteiger partial charge in [-0.15, -0.1) is 0 Å². The number of likely N-dealkylation sites (tertiary alicyclic amines) is 1. The van der Waals surface area contributed by atoms with Gasteiger partial charge in [0.2, 0.25) is 5.91 Å². The highest BCUT2D eigenvalue weighted by atomic mass is 16.5. The number of carboxylic acids is 1. The largest absolute Gasteiger partial charge is 0.480 e. The maximum atomic E-state index is 11.8. The van der Waals surface area contributed by atoms with Crippen LogP contribution in [0.3, 0.4) is 0 Å². The van der Waals surface area contributed by atoms with E-state index >= 15 is 0 Å². The third kappa shape index (κ3) is 5.07.